The molecular formula is C7H10O. The fourth-order valence-electron chi connectivity index (χ4n) is 0.755. The van der Waals surface area contributed by atoms with Crippen molar-refractivity contribution in [3.8, 4) is 0 Å². The van der Waals surface area contributed by atoms with Gasteiger partial charge in [-0.3, -0.25) is 0 Å². The van der Waals surface area contributed by atoms with Crippen LogP contribution in [0.3, 0.4) is 0 Å². The first-order chi connectivity index (χ1) is 3.93. The summed E-state index contributed by atoms with van der Waals surface area (Å²) in [6.45, 7) is 2.93. The highest BCUT2D eigenvalue weighted by Gasteiger charge is 1.97. The van der Waals surface area contributed by atoms with Crippen LogP contribution in [-0.2, 0) is 4.74 Å². The van der Waals surface area contributed by atoms with E-state index in [9.17, 15) is 0 Å². The van der Waals surface area contributed by atoms with E-state index in [-0.39, 0.29) is 0 Å². The molecule has 0 aliphatic carbocycles. The SMILES string of the molecule is CCCC1=C=COC1. The predicted molar refractivity (Wildman–Crippen MR) is 32.5 cm³/mol. The highest BCUT2D eigenvalue weighted by Crippen LogP contribution is 2.07. The van der Waals surface area contributed by atoms with Crippen LogP contribution in [0.1, 0.15) is 19.8 Å². The maximum atomic E-state index is 4.94. The second kappa shape index (κ2) is 2.58. The summed E-state index contributed by atoms with van der Waals surface area (Å²) in [7, 11) is 0. The minimum Gasteiger partial charge on any atom is -0.488 e. The van der Waals surface area contributed by atoms with Crippen LogP contribution < -0.4 is 0 Å². The molecule has 0 spiro atoms. The first-order valence-corrected chi connectivity index (χ1v) is 2.98. The average molecular weight is 110 g/mol. The highest BCUT2D eigenvalue weighted by atomic mass is 16.5. The molecule has 44 valence electrons. The highest BCUT2D eigenvalue weighted by molar-refractivity contribution is 5.04. The van der Waals surface area contributed by atoms with Crippen molar-refractivity contribution in [2.75, 3.05) is 6.61 Å². The topological polar surface area (TPSA) is 9.23 Å². The molecule has 1 rings (SSSR count). The molecule has 0 amide bonds. The average Bonchev–Trinajstić information content (AvgIpc) is 2.19. The zero-order chi connectivity index (χ0) is 5.82. The van der Waals surface area contributed by atoms with Gasteiger partial charge in [0.15, 0.2) is 0 Å². The lowest BCUT2D eigenvalue weighted by Gasteiger charge is -1.93. The quantitative estimate of drug-likeness (QED) is 0.493. The van der Waals surface area contributed by atoms with Crippen molar-refractivity contribution in [3.05, 3.63) is 17.6 Å². The molecule has 1 aliphatic heterocycles. The third-order valence-electron chi connectivity index (χ3n) is 1.16. The molecule has 0 aromatic rings. The molecule has 0 N–H and O–H groups in total. The van der Waals surface area contributed by atoms with E-state index in [0.717, 1.165) is 13.0 Å². The number of rotatable bonds is 2. The lowest BCUT2D eigenvalue weighted by atomic mass is 10.2. The summed E-state index contributed by atoms with van der Waals surface area (Å²) in [4.78, 5) is 0. The monoisotopic (exact) mass is 110 g/mol. The largest absolute Gasteiger partial charge is 0.488 e. The van der Waals surface area contributed by atoms with Crippen LogP contribution >= 0.6 is 0 Å². The molecule has 0 fully saturated rings. The molecule has 8 heavy (non-hydrogen) atoms. The molecule has 1 heteroatoms. The van der Waals surface area contributed by atoms with Gasteiger partial charge >= 0.3 is 0 Å². The van der Waals surface area contributed by atoms with Crippen LogP contribution in [0.25, 0.3) is 0 Å². The molecule has 1 nitrogen and oxygen atoms in total. The van der Waals surface area contributed by atoms with Crippen LogP contribution in [0.2, 0.25) is 0 Å². The van der Waals surface area contributed by atoms with Crippen molar-refractivity contribution < 1.29 is 4.74 Å². The van der Waals surface area contributed by atoms with Gasteiger partial charge in [-0.2, -0.15) is 0 Å². The van der Waals surface area contributed by atoms with E-state index in [1.54, 1.807) is 6.26 Å². The second-order valence-electron chi connectivity index (χ2n) is 1.93. The summed E-state index contributed by atoms with van der Waals surface area (Å²) < 4.78 is 4.94. The van der Waals surface area contributed by atoms with Gasteiger partial charge in [-0.15, -0.1) is 0 Å². The first-order valence-electron chi connectivity index (χ1n) is 2.98. The Morgan fingerprint density at radius 2 is 2.75 bits per heavy atom. The fraction of sp³-hybridized carbons (Fsp3) is 0.571. The lowest BCUT2D eigenvalue weighted by Crippen LogP contribution is -1.85. The van der Waals surface area contributed by atoms with Crippen LogP contribution in [0.5, 0.6) is 0 Å². The van der Waals surface area contributed by atoms with Crippen molar-refractivity contribution in [1.82, 2.24) is 0 Å². The van der Waals surface area contributed by atoms with Crippen molar-refractivity contribution in [3.63, 3.8) is 0 Å². The summed E-state index contributed by atoms with van der Waals surface area (Å²) >= 11 is 0. The summed E-state index contributed by atoms with van der Waals surface area (Å²) in [5, 5.41) is 0. The molecule has 0 bridgehead atoms. The van der Waals surface area contributed by atoms with Crippen LogP contribution in [0.4, 0.5) is 0 Å². The molecule has 1 heterocycles. The molecule has 0 saturated carbocycles. The molecule has 1 aliphatic rings. The maximum Gasteiger partial charge on any atom is 0.126 e. The molecule has 0 aromatic carbocycles. The minimum absolute atomic E-state index is 0.772. The third-order valence-corrected chi connectivity index (χ3v) is 1.16. The molecule has 0 saturated heterocycles. The van der Waals surface area contributed by atoms with E-state index >= 15 is 0 Å². The Balaban J connectivity index is 2.36. The van der Waals surface area contributed by atoms with E-state index in [0.29, 0.717) is 0 Å². The molecule has 0 unspecified atom stereocenters. The molecule has 0 atom stereocenters. The zero-order valence-corrected chi connectivity index (χ0v) is 5.11. The molecule has 0 aromatic heterocycles. The van der Waals surface area contributed by atoms with Gasteiger partial charge in [0.05, 0.1) is 0 Å². The normalized spacial score (nSPS) is 15.9. The minimum atomic E-state index is 0.772. The van der Waals surface area contributed by atoms with Gasteiger partial charge < -0.3 is 4.74 Å². The summed E-state index contributed by atoms with van der Waals surface area (Å²) in [6, 6.07) is 0. The van der Waals surface area contributed by atoms with E-state index < -0.39 is 0 Å². The van der Waals surface area contributed by atoms with Gasteiger partial charge in [0, 0.05) is 5.57 Å². The molecular weight excluding hydrogens is 100 g/mol. The van der Waals surface area contributed by atoms with E-state index in [1.165, 1.54) is 12.0 Å². The summed E-state index contributed by atoms with van der Waals surface area (Å²) in [5.74, 6) is 0. The van der Waals surface area contributed by atoms with Gasteiger partial charge in [-0.25, -0.2) is 0 Å². The van der Waals surface area contributed by atoms with E-state index in [4.69, 9.17) is 4.74 Å². The van der Waals surface area contributed by atoms with Crippen molar-refractivity contribution in [2.24, 2.45) is 0 Å². The van der Waals surface area contributed by atoms with Crippen molar-refractivity contribution in [2.45, 2.75) is 19.8 Å². The van der Waals surface area contributed by atoms with Gasteiger partial charge in [0.2, 0.25) is 0 Å². The zero-order valence-electron chi connectivity index (χ0n) is 5.11. The van der Waals surface area contributed by atoms with Gasteiger partial charge in [0.1, 0.15) is 12.9 Å². The number of ether oxygens (including phenoxy) is 1. The Labute approximate surface area is 49.7 Å². The summed E-state index contributed by atoms with van der Waals surface area (Å²) in [6.07, 6.45) is 3.97. The van der Waals surface area contributed by atoms with E-state index in [1.807, 2.05) is 0 Å². The van der Waals surface area contributed by atoms with Crippen LogP contribution in [-0.4, -0.2) is 6.61 Å². The smallest absolute Gasteiger partial charge is 0.126 e. The van der Waals surface area contributed by atoms with Gasteiger partial charge in [0.25, 0.3) is 0 Å². The van der Waals surface area contributed by atoms with E-state index in [2.05, 4.69) is 12.7 Å². The van der Waals surface area contributed by atoms with Crippen LogP contribution in [0.15, 0.2) is 17.6 Å². The summed E-state index contributed by atoms with van der Waals surface area (Å²) in [5.41, 5.74) is 4.33. The van der Waals surface area contributed by atoms with Crippen molar-refractivity contribution >= 4 is 0 Å². The Morgan fingerprint density at radius 3 is 3.25 bits per heavy atom. The van der Waals surface area contributed by atoms with Gasteiger partial charge in [-0.05, 0) is 6.42 Å². The maximum absolute atomic E-state index is 4.94. The molecule has 0 radical (unpaired) electrons. The standard InChI is InChI=1S/C7H10O/c1-2-3-7-4-5-8-6-7/h5H,2-3,6H2,1H3. The number of hydrogen-bond acceptors (Lipinski definition) is 1. The Kier molecular flexibility index (Phi) is 1.76. The van der Waals surface area contributed by atoms with Crippen molar-refractivity contribution in [1.29, 1.82) is 0 Å². The Bertz CT molecular complexity index is 129. The number of hydrogen-bond donors (Lipinski definition) is 0. The Hall–Kier alpha value is -0.680. The first kappa shape index (κ1) is 5.46. The third kappa shape index (κ3) is 1.14. The Morgan fingerprint density at radius 1 is 1.88 bits per heavy atom. The fourth-order valence-corrected chi connectivity index (χ4v) is 0.755. The predicted octanol–water partition coefficient (Wildman–Crippen LogP) is 1.86. The van der Waals surface area contributed by atoms with Crippen LogP contribution in [0, 0.1) is 0 Å². The second-order valence-corrected chi connectivity index (χ2v) is 1.93. The van der Waals surface area contributed by atoms with Gasteiger partial charge in [-0.1, -0.05) is 19.1 Å². The lowest BCUT2D eigenvalue weighted by molar-refractivity contribution is 0.291.